The van der Waals surface area contributed by atoms with Crippen molar-refractivity contribution in [3.8, 4) is 0 Å². The van der Waals surface area contributed by atoms with Gasteiger partial charge in [0.25, 0.3) is 5.91 Å². The lowest BCUT2D eigenvalue weighted by Gasteiger charge is -2.36. The molecule has 2 amide bonds. The van der Waals surface area contributed by atoms with Gasteiger partial charge >= 0.3 is 6.09 Å². The molecule has 0 bridgehead atoms. The standard InChI is InChI=1S/C25H31N3O4/c1-25(2,3)32-24(30)28-13-11-27(12-14-28)18-9-10-19-20(16-18)23(29)26-21(19)15-17-7-5-6-8-22(17)31-4/h5-7,9-10,16,22H,8,11-15H2,1-4H3. The molecular formula is C25H31N3O4. The van der Waals surface area contributed by atoms with Crippen LogP contribution in [0, 0.1) is 0 Å². The lowest BCUT2D eigenvalue weighted by atomic mass is 9.93. The van der Waals surface area contributed by atoms with Gasteiger partial charge < -0.3 is 19.3 Å². The first-order chi connectivity index (χ1) is 15.2. The molecule has 7 nitrogen and oxygen atoms in total. The van der Waals surface area contributed by atoms with Crippen molar-refractivity contribution in [3.63, 3.8) is 0 Å². The van der Waals surface area contributed by atoms with E-state index < -0.39 is 5.60 Å². The number of benzene rings is 1. The summed E-state index contributed by atoms with van der Waals surface area (Å²) in [5.41, 5.74) is 3.96. The topological polar surface area (TPSA) is 71.4 Å². The zero-order valence-corrected chi connectivity index (χ0v) is 19.3. The smallest absolute Gasteiger partial charge is 0.410 e. The summed E-state index contributed by atoms with van der Waals surface area (Å²) in [6.45, 7) is 8.16. The fourth-order valence-electron chi connectivity index (χ4n) is 4.28. The summed E-state index contributed by atoms with van der Waals surface area (Å²) in [5, 5.41) is 0. The average molecular weight is 438 g/mol. The van der Waals surface area contributed by atoms with Crippen LogP contribution >= 0.6 is 0 Å². The number of piperazine rings is 1. The molecule has 4 rings (SSSR count). The lowest BCUT2D eigenvalue weighted by Crippen LogP contribution is -2.50. The summed E-state index contributed by atoms with van der Waals surface area (Å²) in [6, 6.07) is 5.97. The highest BCUT2D eigenvalue weighted by Gasteiger charge is 2.29. The summed E-state index contributed by atoms with van der Waals surface area (Å²) in [5.74, 6) is -0.190. The molecule has 2 aliphatic heterocycles. The number of hydrogen-bond donors (Lipinski definition) is 0. The van der Waals surface area contributed by atoms with E-state index in [1.807, 2.05) is 45.0 Å². The summed E-state index contributed by atoms with van der Waals surface area (Å²) >= 11 is 0. The van der Waals surface area contributed by atoms with E-state index in [-0.39, 0.29) is 18.1 Å². The molecule has 1 aromatic rings. The van der Waals surface area contributed by atoms with Crippen molar-refractivity contribution in [3.05, 3.63) is 53.1 Å². The van der Waals surface area contributed by atoms with Crippen LogP contribution in [0.5, 0.6) is 0 Å². The monoisotopic (exact) mass is 437 g/mol. The predicted molar refractivity (Wildman–Crippen MR) is 125 cm³/mol. The number of fused-ring (bicyclic) bond motifs is 1. The molecule has 7 heteroatoms. The van der Waals surface area contributed by atoms with Crippen LogP contribution in [0.3, 0.4) is 0 Å². The molecule has 1 saturated heterocycles. The van der Waals surface area contributed by atoms with Gasteiger partial charge in [-0.05, 0) is 44.9 Å². The molecule has 170 valence electrons. The van der Waals surface area contributed by atoms with Crippen LogP contribution in [-0.2, 0) is 9.47 Å². The van der Waals surface area contributed by atoms with Gasteiger partial charge in [-0.25, -0.2) is 9.79 Å². The van der Waals surface area contributed by atoms with Crippen molar-refractivity contribution in [1.29, 1.82) is 0 Å². The molecule has 3 aliphatic rings. The van der Waals surface area contributed by atoms with Crippen LogP contribution in [0.25, 0.3) is 0 Å². The zero-order valence-electron chi connectivity index (χ0n) is 19.3. The highest BCUT2D eigenvalue weighted by atomic mass is 16.6. The van der Waals surface area contributed by atoms with Crippen LogP contribution in [-0.4, -0.2) is 67.6 Å². The average Bonchev–Trinajstić information content (AvgIpc) is 3.08. The molecule has 32 heavy (non-hydrogen) atoms. The molecule has 1 unspecified atom stereocenters. The third-order valence-corrected chi connectivity index (χ3v) is 5.94. The summed E-state index contributed by atoms with van der Waals surface area (Å²) in [7, 11) is 1.71. The fraction of sp³-hybridized carbons (Fsp3) is 0.480. The third-order valence-electron chi connectivity index (χ3n) is 5.94. The highest BCUT2D eigenvalue weighted by Crippen LogP contribution is 2.30. The number of nitrogens with zero attached hydrogens (tertiary/aromatic N) is 3. The minimum atomic E-state index is -0.500. The van der Waals surface area contributed by atoms with Crippen molar-refractivity contribution >= 4 is 23.4 Å². The Kier molecular flexibility index (Phi) is 6.20. The largest absolute Gasteiger partial charge is 0.444 e. The molecule has 0 spiro atoms. The second-order valence-electron chi connectivity index (χ2n) is 9.35. The third kappa shape index (κ3) is 4.78. The normalized spacial score (nSPS) is 20.8. The summed E-state index contributed by atoms with van der Waals surface area (Å²) < 4.78 is 11.0. The molecule has 0 aromatic heterocycles. The van der Waals surface area contributed by atoms with E-state index in [0.29, 0.717) is 38.2 Å². The molecule has 1 atom stereocenters. The number of carbonyl (C=O) groups excluding carboxylic acids is 2. The number of methoxy groups -OCH3 is 1. The van der Waals surface area contributed by atoms with Gasteiger partial charge in [0.05, 0.1) is 17.4 Å². The van der Waals surface area contributed by atoms with Crippen LogP contribution in [0.1, 0.15) is 49.5 Å². The van der Waals surface area contributed by atoms with E-state index >= 15 is 0 Å². The molecule has 1 aromatic carbocycles. The van der Waals surface area contributed by atoms with E-state index in [4.69, 9.17) is 9.47 Å². The minimum Gasteiger partial charge on any atom is -0.444 e. The van der Waals surface area contributed by atoms with Crippen LogP contribution < -0.4 is 4.90 Å². The Morgan fingerprint density at radius 1 is 1.16 bits per heavy atom. The Morgan fingerprint density at radius 3 is 2.59 bits per heavy atom. The number of hydrogen-bond acceptors (Lipinski definition) is 5. The lowest BCUT2D eigenvalue weighted by molar-refractivity contribution is 0.0240. The van der Waals surface area contributed by atoms with E-state index in [1.165, 1.54) is 0 Å². The number of amides is 2. The van der Waals surface area contributed by atoms with E-state index in [1.54, 1.807) is 12.0 Å². The molecular weight excluding hydrogens is 406 g/mol. The fourth-order valence-corrected chi connectivity index (χ4v) is 4.28. The SMILES string of the molecule is COC1CC=CC=C1CC1=NC(=O)c2cc(N3CCN(C(=O)OC(C)(C)C)CC3)ccc21. The first kappa shape index (κ1) is 22.3. The van der Waals surface area contributed by atoms with Crippen molar-refractivity contribution in [2.75, 3.05) is 38.2 Å². The maximum Gasteiger partial charge on any atom is 0.410 e. The number of aliphatic imine (C=N–C) groups is 1. The Morgan fingerprint density at radius 2 is 1.91 bits per heavy atom. The van der Waals surface area contributed by atoms with Crippen molar-refractivity contribution in [2.24, 2.45) is 4.99 Å². The Bertz CT molecular complexity index is 995. The van der Waals surface area contributed by atoms with Gasteiger partial charge in [0.1, 0.15) is 5.60 Å². The van der Waals surface area contributed by atoms with Gasteiger partial charge in [0.2, 0.25) is 0 Å². The van der Waals surface area contributed by atoms with E-state index in [9.17, 15) is 9.59 Å². The molecule has 1 aliphatic carbocycles. The number of allylic oxidation sites excluding steroid dienone is 2. The van der Waals surface area contributed by atoms with Gasteiger partial charge in [-0.3, -0.25) is 4.79 Å². The first-order valence-electron chi connectivity index (χ1n) is 11.1. The van der Waals surface area contributed by atoms with Gasteiger partial charge in [0.15, 0.2) is 0 Å². The second-order valence-corrected chi connectivity index (χ2v) is 9.35. The van der Waals surface area contributed by atoms with Crippen LogP contribution in [0.2, 0.25) is 0 Å². The predicted octanol–water partition coefficient (Wildman–Crippen LogP) is 3.98. The maximum atomic E-state index is 12.6. The molecule has 1 fully saturated rings. The van der Waals surface area contributed by atoms with Crippen molar-refractivity contribution in [2.45, 2.75) is 45.3 Å². The number of carbonyl (C=O) groups is 2. The van der Waals surface area contributed by atoms with Gasteiger partial charge in [-0.1, -0.05) is 24.3 Å². The Balaban J connectivity index is 1.43. The minimum absolute atomic E-state index is 0.0300. The molecule has 0 N–H and O–H groups in total. The summed E-state index contributed by atoms with van der Waals surface area (Å²) in [4.78, 5) is 33.2. The molecule has 0 saturated carbocycles. The first-order valence-corrected chi connectivity index (χ1v) is 11.1. The van der Waals surface area contributed by atoms with Crippen molar-refractivity contribution < 1.29 is 19.1 Å². The maximum absolute atomic E-state index is 12.6. The van der Waals surface area contributed by atoms with Gasteiger partial charge in [-0.2, -0.15) is 0 Å². The molecule has 2 heterocycles. The quantitative estimate of drug-likeness (QED) is 0.713. The summed E-state index contributed by atoms with van der Waals surface area (Å²) in [6.07, 6.45) is 7.37. The Hall–Kier alpha value is -2.93. The highest BCUT2D eigenvalue weighted by molar-refractivity contribution is 6.22. The van der Waals surface area contributed by atoms with Crippen molar-refractivity contribution in [1.82, 2.24) is 4.90 Å². The van der Waals surface area contributed by atoms with Gasteiger partial charge in [0, 0.05) is 51.0 Å². The zero-order chi connectivity index (χ0) is 22.9. The number of ether oxygens (including phenoxy) is 2. The molecule has 0 radical (unpaired) electrons. The van der Waals surface area contributed by atoms with Gasteiger partial charge in [-0.15, -0.1) is 0 Å². The van der Waals surface area contributed by atoms with Crippen LogP contribution in [0.15, 0.2) is 47.0 Å². The second kappa shape index (κ2) is 8.90. The van der Waals surface area contributed by atoms with E-state index in [0.717, 1.165) is 29.0 Å². The van der Waals surface area contributed by atoms with E-state index in [2.05, 4.69) is 22.0 Å². The number of anilines is 1. The Labute approximate surface area is 189 Å². The number of rotatable bonds is 4. The van der Waals surface area contributed by atoms with Crippen LogP contribution in [0.4, 0.5) is 10.5 Å².